The first-order valence-corrected chi connectivity index (χ1v) is 10.1. The molecule has 144 valence electrons. The maximum Gasteiger partial charge on any atom is 0.306 e. The van der Waals surface area contributed by atoms with Crippen LogP contribution in [0, 0.1) is 0 Å². The maximum absolute atomic E-state index is 12.5. The van der Waals surface area contributed by atoms with Gasteiger partial charge < -0.3 is 20.3 Å². The lowest BCUT2D eigenvalue weighted by atomic mass is 9.99. The van der Waals surface area contributed by atoms with Gasteiger partial charge in [-0.05, 0) is 38.8 Å². The summed E-state index contributed by atoms with van der Waals surface area (Å²) >= 11 is 1.43. The van der Waals surface area contributed by atoms with Gasteiger partial charge in [-0.3, -0.25) is 9.59 Å². The van der Waals surface area contributed by atoms with Gasteiger partial charge in [0.2, 0.25) is 5.01 Å². The van der Waals surface area contributed by atoms with Crippen molar-refractivity contribution in [2.24, 2.45) is 0 Å². The summed E-state index contributed by atoms with van der Waals surface area (Å²) in [6.45, 7) is 4.46. The first-order valence-electron chi connectivity index (χ1n) is 9.30. The average molecular weight is 382 g/mol. The summed E-state index contributed by atoms with van der Waals surface area (Å²) in [5, 5.41) is 16.2. The summed E-state index contributed by atoms with van der Waals surface area (Å²) < 4.78 is 4.67. The Kier molecular flexibility index (Phi) is 6.93. The van der Waals surface area contributed by atoms with E-state index < -0.39 is 0 Å². The summed E-state index contributed by atoms with van der Waals surface area (Å²) in [6, 6.07) is 0.156. The number of esters is 1. The molecular weight excluding hydrogens is 354 g/mol. The molecule has 0 saturated carbocycles. The maximum atomic E-state index is 12.5. The lowest BCUT2D eigenvalue weighted by Crippen LogP contribution is -2.45. The highest BCUT2D eigenvalue weighted by Gasteiger charge is 2.25. The van der Waals surface area contributed by atoms with Gasteiger partial charge in [0.05, 0.1) is 13.5 Å². The average Bonchev–Trinajstić information content (AvgIpc) is 3.18. The summed E-state index contributed by atoms with van der Waals surface area (Å²) in [7, 11) is 1.41. The molecular formula is C17H27N5O3S. The van der Waals surface area contributed by atoms with E-state index >= 15 is 0 Å². The van der Waals surface area contributed by atoms with Crippen LogP contribution in [0.4, 0.5) is 0 Å². The third-order valence-electron chi connectivity index (χ3n) is 5.11. The minimum atomic E-state index is -0.179. The topological polar surface area (TPSA) is 96.5 Å². The SMILES string of the molecule is COC(=O)CCN1CCC(NC(=O)c2nnc(C3CCNCC3)s2)CC1. The van der Waals surface area contributed by atoms with Crippen LogP contribution in [-0.4, -0.2) is 72.8 Å². The van der Waals surface area contributed by atoms with Gasteiger partial charge in [-0.2, -0.15) is 0 Å². The van der Waals surface area contributed by atoms with Gasteiger partial charge >= 0.3 is 5.97 Å². The molecule has 1 aromatic rings. The summed E-state index contributed by atoms with van der Waals surface area (Å²) in [5.41, 5.74) is 0. The van der Waals surface area contributed by atoms with Gasteiger partial charge in [0.25, 0.3) is 5.91 Å². The Morgan fingerprint density at radius 2 is 1.96 bits per heavy atom. The van der Waals surface area contributed by atoms with Gasteiger partial charge in [-0.25, -0.2) is 0 Å². The van der Waals surface area contributed by atoms with Crippen molar-refractivity contribution >= 4 is 23.2 Å². The van der Waals surface area contributed by atoms with Crippen molar-refractivity contribution in [2.75, 3.05) is 39.8 Å². The molecule has 2 N–H and O–H groups in total. The third-order valence-corrected chi connectivity index (χ3v) is 6.19. The van der Waals surface area contributed by atoms with E-state index in [2.05, 4.69) is 30.5 Å². The number of amides is 1. The van der Waals surface area contributed by atoms with E-state index in [0.29, 0.717) is 23.9 Å². The Balaban J connectivity index is 1.43. The second-order valence-corrected chi connectivity index (χ2v) is 7.89. The standard InChI is InChI=1S/C17H27N5O3S/c1-25-14(23)6-11-22-9-4-13(5-10-22)19-15(24)17-21-20-16(26-17)12-2-7-18-8-3-12/h12-13,18H,2-11H2,1H3,(H,19,24). The number of hydrogen-bond donors (Lipinski definition) is 2. The normalized spacial score (nSPS) is 20.0. The number of hydrogen-bond acceptors (Lipinski definition) is 8. The van der Waals surface area contributed by atoms with Crippen LogP contribution in [0.15, 0.2) is 0 Å². The third kappa shape index (κ3) is 5.21. The molecule has 3 heterocycles. The van der Waals surface area contributed by atoms with Crippen LogP contribution in [-0.2, 0) is 9.53 Å². The van der Waals surface area contributed by atoms with Crippen LogP contribution in [0.5, 0.6) is 0 Å². The van der Waals surface area contributed by atoms with Crippen molar-refractivity contribution in [3.05, 3.63) is 10.0 Å². The number of methoxy groups -OCH3 is 1. The molecule has 0 radical (unpaired) electrons. The smallest absolute Gasteiger partial charge is 0.306 e. The molecule has 8 nitrogen and oxygen atoms in total. The number of ether oxygens (including phenoxy) is 1. The molecule has 2 saturated heterocycles. The highest BCUT2D eigenvalue weighted by atomic mass is 32.1. The van der Waals surface area contributed by atoms with Crippen molar-refractivity contribution < 1.29 is 14.3 Å². The second-order valence-electron chi connectivity index (χ2n) is 6.89. The minimum absolute atomic E-state index is 0.115. The fourth-order valence-electron chi connectivity index (χ4n) is 3.46. The Morgan fingerprint density at radius 1 is 1.23 bits per heavy atom. The number of rotatable bonds is 6. The lowest BCUT2D eigenvalue weighted by Gasteiger charge is -2.31. The number of piperidine rings is 2. The fourth-order valence-corrected chi connectivity index (χ4v) is 4.38. The Bertz CT molecular complexity index is 609. The van der Waals surface area contributed by atoms with Crippen molar-refractivity contribution in [3.8, 4) is 0 Å². The first kappa shape index (κ1) is 19.2. The molecule has 2 aliphatic heterocycles. The van der Waals surface area contributed by atoms with Crippen molar-refractivity contribution in [1.82, 2.24) is 25.7 Å². The van der Waals surface area contributed by atoms with Gasteiger partial charge in [-0.15, -0.1) is 10.2 Å². The van der Waals surface area contributed by atoms with Crippen LogP contribution < -0.4 is 10.6 Å². The molecule has 1 aromatic heterocycles. The van der Waals surface area contributed by atoms with E-state index in [-0.39, 0.29) is 17.9 Å². The van der Waals surface area contributed by atoms with Crippen LogP contribution >= 0.6 is 11.3 Å². The van der Waals surface area contributed by atoms with Gasteiger partial charge in [0.15, 0.2) is 0 Å². The summed E-state index contributed by atoms with van der Waals surface area (Å²) in [4.78, 5) is 25.9. The molecule has 2 fully saturated rings. The molecule has 1 amide bonds. The van der Waals surface area contributed by atoms with Crippen LogP contribution in [0.3, 0.4) is 0 Å². The molecule has 2 aliphatic rings. The molecule has 0 aromatic carbocycles. The summed E-state index contributed by atoms with van der Waals surface area (Å²) in [6.07, 6.45) is 4.29. The number of nitrogens with one attached hydrogen (secondary N) is 2. The predicted octanol–water partition coefficient (Wildman–Crippen LogP) is 0.762. The highest BCUT2D eigenvalue weighted by Crippen LogP contribution is 2.27. The van der Waals surface area contributed by atoms with Crippen molar-refractivity contribution in [3.63, 3.8) is 0 Å². The van der Waals surface area contributed by atoms with E-state index in [9.17, 15) is 9.59 Å². The van der Waals surface area contributed by atoms with Crippen LogP contribution in [0.2, 0.25) is 0 Å². The van der Waals surface area contributed by atoms with E-state index in [1.807, 2.05) is 0 Å². The zero-order chi connectivity index (χ0) is 18.4. The lowest BCUT2D eigenvalue weighted by molar-refractivity contribution is -0.141. The van der Waals surface area contributed by atoms with Gasteiger partial charge in [0.1, 0.15) is 5.01 Å². The molecule has 0 bridgehead atoms. The quantitative estimate of drug-likeness (QED) is 0.702. The Labute approximate surface area is 157 Å². The molecule has 0 spiro atoms. The van der Waals surface area contributed by atoms with Gasteiger partial charge in [0, 0.05) is 31.6 Å². The summed E-state index contributed by atoms with van der Waals surface area (Å²) in [5.74, 6) is 0.130. The van der Waals surface area contributed by atoms with E-state index in [4.69, 9.17) is 0 Å². The monoisotopic (exact) mass is 381 g/mol. The van der Waals surface area contributed by atoms with E-state index in [1.165, 1.54) is 18.4 Å². The molecule has 3 rings (SSSR count). The fraction of sp³-hybridized carbons (Fsp3) is 0.765. The van der Waals surface area contributed by atoms with Crippen molar-refractivity contribution in [1.29, 1.82) is 0 Å². The molecule has 0 aliphatic carbocycles. The minimum Gasteiger partial charge on any atom is -0.469 e. The highest BCUT2D eigenvalue weighted by molar-refractivity contribution is 7.13. The largest absolute Gasteiger partial charge is 0.469 e. The van der Waals surface area contributed by atoms with E-state index in [0.717, 1.165) is 56.9 Å². The van der Waals surface area contributed by atoms with Gasteiger partial charge in [-0.1, -0.05) is 11.3 Å². The molecule has 0 atom stereocenters. The Morgan fingerprint density at radius 3 is 2.65 bits per heavy atom. The zero-order valence-corrected chi connectivity index (χ0v) is 16.0. The molecule has 26 heavy (non-hydrogen) atoms. The number of nitrogens with zero attached hydrogens (tertiary/aromatic N) is 3. The zero-order valence-electron chi connectivity index (χ0n) is 15.2. The molecule has 9 heteroatoms. The number of carbonyl (C=O) groups is 2. The Hall–Kier alpha value is -1.58. The van der Waals surface area contributed by atoms with E-state index in [1.54, 1.807) is 0 Å². The van der Waals surface area contributed by atoms with Crippen molar-refractivity contribution in [2.45, 2.75) is 44.1 Å². The first-order chi connectivity index (χ1) is 12.7. The van der Waals surface area contributed by atoms with Crippen LogP contribution in [0.1, 0.15) is 52.8 Å². The van der Waals surface area contributed by atoms with Crippen LogP contribution in [0.25, 0.3) is 0 Å². The second kappa shape index (κ2) is 9.38. The number of likely N-dealkylation sites (tertiary alicyclic amines) is 1. The number of carbonyl (C=O) groups excluding carboxylic acids is 2. The predicted molar refractivity (Wildman–Crippen MR) is 98.3 cm³/mol. The number of aromatic nitrogens is 2. The molecule has 0 unspecified atom stereocenters.